The first kappa shape index (κ1) is 21.5. The second-order valence-electron chi connectivity index (χ2n) is 6.98. The monoisotopic (exact) mass is 429 g/mol. The van der Waals surface area contributed by atoms with Gasteiger partial charge in [0, 0.05) is 5.69 Å². The lowest BCUT2D eigenvalue weighted by Gasteiger charge is -2.14. The van der Waals surface area contributed by atoms with Gasteiger partial charge in [0.2, 0.25) is 16.0 Å². The number of hydrogen-bond donors (Lipinski definition) is 3. The Balaban J connectivity index is 1.86. The molecular weight excluding hydrogens is 405 g/mol. The number of hydrogen-bond acceptors (Lipinski definition) is 6. The second-order valence-corrected chi connectivity index (χ2v) is 8.82. The van der Waals surface area contributed by atoms with E-state index in [1.165, 1.54) is 0 Å². The smallest absolute Gasteiger partial charge is 0.232 e. The molecule has 0 aliphatic rings. The normalized spacial score (nSPS) is 11.2. The first-order chi connectivity index (χ1) is 14.3. The molecule has 0 aliphatic heterocycles. The van der Waals surface area contributed by atoms with E-state index in [2.05, 4.69) is 25.3 Å². The molecule has 7 nitrogen and oxygen atoms in total. The molecule has 2 aromatic carbocycles. The largest absolute Gasteiger partial charge is 0.336 e. The van der Waals surface area contributed by atoms with Crippen LogP contribution in [0.5, 0.6) is 0 Å². The van der Waals surface area contributed by atoms with Gasteiger partial charge < -0.3 is 10.6 Å². The number of benzene rings is 2. The lowest BCUT2D eigenvalue weighted by atomic mass is 10.1. The molecule has 0 bridgehead atoms. The van der Waals surface area contributed by atoms with Gasteiger partial charge in [0.1, 0.15) is 0 Å². The molecule has 0 spiro atoms. The summed E-state index contributed by atoms with van der Waals surface area (Å²) in [6, 6.07) is 12.6. The fourth-order valence-electron chi connectivity index (χ4n) is 2.99. The quantitative estimate of drug-likeness (QED) is 0.473. The van der Waals surface area contributed by atoms with Crippen LogP contribution >= 0.6 is 0 Å². The van der Waals surface area contributed by atoms with E-state index >= 15 is 0 Å². The molecule has 0 unspecified atom stereocenters. The summed E-state index contributed by atoms with van der Waals surface area (Å²) in [7, 11) is -3.50. The Hall–Kier alpha value is -3.20. The van der Waals surface area contributed by atoms with Crippen molar-refractivity contribution in [3.8, 4) is 0 Å². The number of anilines is 5. The number of para-hydroxylation sites is 2. The van der Waals surface area contributed by atoms with Gasteiger partial charge in [-0.15, -0.1) is 0 Å². The molecule has 0 aliphatic carbocycles. The van der Waals surface area contributed by atoms with Gasteiger partial charge in [0.25, 0.3) is 0 Å². The predicted molar refractivity (Wildman–Crippen MR) is 119 cm³/mol. The molecule has 3 aromatic rings. The molecule has 9 heteroatoms. The van der Waals surface area contributed by atoms with Crippen molar-refractivity contribution >= 4 is 38.9 Å². The third-order valence-electron chi connectivity index (χ3n) is 4.14. The van der Waals surface area contributed by atoms with Crippen LogP contribution in [0.15, 0.2) is 48.7 Å². The first-order valence-corrected chi connectivity index (χ1v) is 11.2. The molecule has 0 atom stereocenters. The molecule has 0 radical (unpaired) electrons. The molecule has 0 fully saturated rings. The summed E-state index contributed by atoms with van der Waals surface area (Å²) in [6.45, 7) is 5.74. The van der Waals surface area contributed by atoms with Gasteiger partial charge in [-0.2, -0.15) is 4.98 Å². The van der Waals surface area contributed by atoms with Gasteiger partial charge in [0.05, 0.1) is 23.3 Å². The van der Waals surface area contributed by atoms with Gasteiger partial charge >= 0.3 is 0 Å². The fraction of sp³-hybridized carbons (Fsp3) is 0.238. The van der Waals surface area contributed by atoms with Crippen molar-refractivity contribution < 1.29 is 12.8 Å². The maximum absolute atomic E-state index is 14.4. The Morgan fingerprint density at radius 3 is 2.33 bits per heavy atom. The molecule has 0 saturated carbocycles. The van der Waals surface area contributed by atoms with Gasteiger partial charge in [-0.25, -0.2) is 17.8 Å². The van der Waals surface area contributed by atoms with E-state index in [1.54, 1.807) is 31.2 Å². The van der Waals surface area contributed by atoms with Crippen LogP contribution in [-0.4, -0.2) is 24.1 Å². The number of nitrogens with zero attached hydrogens (tertiary/aromatic N) is 2. The molecule has 0 amide bonds. The van der Waals surface area contributed by atoms with Crippen LogP contribution in [-0.2, 0) is 10.0 Å². The summed E-state index contributed by atoms with van der Waals surface area (Å²) < 4.78 is 41.2. The third-order valence-corrected chi connectivity index (χ3v) is 5.62. The van der Waals surface area contributed by atoms with Crippen LogP contribution in [0, 0.1) is 19.7 Å². The molecule has 158 valence electrons. The summed E-state index contributed by atoms with van der Waals surface area (Å²) in [4.78, 5) is 8.20. The summed E-state index contributed by atoms with van der Waals surface area (Å²) in [5.41, 5.74) is 3.63. The van der Waals surface area contributed by atoms with Gasteiger partial charge in [-0.3, -0.25) is 4.72 Å². The van der Waals surface area contributed by atoms with Crippen molar-refractivity contribution in [2.45, 2.75) is 27.2 Å². The SMILES string of the molecule is CCCS(=O)(=O)Nc1ccccc1Nc1nc(Nc2cc(C)cc(C)c2)ncc1F. The van der Waals surface area contributed by atoms with E-state index in [0.717, 1.165) is 23.0 Å². The fourth-order valence-corrected chi connectivity index (χ4v) is 4.14. The number of rotatable bonds is 8. The van der Waals surface area contributed by atoms with Crippen LogP contribution in [0.25, 0.3) is 0 Å². The third kappa shape index (κ3) is 5.66. The average molecular weight is 430 g/mol. The van der Waals surface area contributed by atoms with Crippen molar-refractivity contribution in [2.24, 2.45) is 0 Å². The number of aryl methyl sites for hydroxylation is 2. The highest BCUT2D eigenvalue weighted by Crippen LogP contribution is 2.27. The zero-order chi connectivity index (χ0) is 21.7. The van der Waals surface area contributed by atoms with Crippen molar-refractivity contribution in [3.05, 3.63) is 65.6 Å². The van der Waals surface area contributed by atoms with Crippen LogP contribution in [0.1, 0.15) is 24.5 Å². The number of nitrogens with one attached hydrogen (secondary N) is 3. The zero-order valence-electron chi connectivity index (χ0n) is 17.0. The summed E-state index contributed by atoms with van der Waals surface area (Å²) in [5, 5.41) is 5.93. The van der Waals surface area contributed by atoms with Crippen molar-refractivity contribution in [3.63, 3.8) is 0 Å². The summed E-state index contributed by atoms with van der Waals surface area (Å²) >= 11 is 0. The molecule has 1 aromatic heterocycles. The van der Waals surface area contributed by atoms with E-state index in [0.29, 0.717) is 17.8 Å². The van der Waals surface area contributed by atoms with Crippen molar-refractivity contribution in [1.29, 1.82) is 0 Å². The lowest BCUT2D eigenvalue weighted by molar-refractivity contribution is 0.600. The van der Waals surface area contributed by atoms with Crippen LogP contribution in [0.2, 0.25) is 0 Å². The minimum atomic E-state index is -3.50. The van der Waals surface area contributed by atoms with Crippen LogP contribution < -0.4 is 15.4 Å². The Bertz CT molecular complexity index is 1130. The van der Waals surface area contributed by atoms with Crippen LogP contribution in [0.3, 0.4) is 0 Å². The van der Waals surface area contributed by atoms with Crippen molar-refractivity contribution in [2.75, 3.05) is 21.1 Å². The average Bonchev–Trinajstić information content (AvgIpc) is 2.65. The highest BCUT2D eigenvalue weighted by atomic mass is 32.2. The Kier molecular flexibility index (Phi) is 6.51. The number of halogens is 1. The number of aromatic nitrogens is 2. The minimum Gasteiger partial charge on any atom is -0.336 e. The van der Waals surface area contributed by atoms with E-state index in [4.69, 9.17) is 0 Å². The zero-order valence-corrected chi connectivity index (χ0v) is 17.8. The molecule has 3 rings (SSSR count). The standard InChI is InChI=1S/C21H24FN5O2S/c1-4-9-30(28,29)27-19-8-6-5-7-18(19)25-20-17(22)13-23-21(26-20)24-16-11-14(2)10-15(3)12-16/h5-8,10-13,27H,4,9H2,1-3H3,(H2,23,24,25,26). The summed E-state index contributed by atoms with van der Waals surface area (Å²) in [6.07, 6.45) is 1.54. The van der Waals surface area contributed by atoms with Crippen LogP contribution in [0.4, 0.5) is 33.2 Å². The number of sulfonamides is 1. The van der Waals surface area contributed by atoms with Crippen molar-refractivity contribution in [1.82, 2.24) is 9.97 Å². The second kappa shape index (κ2) is 9.08. The highest BCUT2D eigenvalue weighted by molar-refractivity contribution is 7.92. The summed E-state index contributed by atoms with van der Waals surface area (Å²) in [5.74, 6) is -0.521. The Morgan fingerprint density at radius 1 is 1.00 bits per heavy atom. The van der Waals surface area contributed by atoms with E-state index in [1.807, 2.05) is 32.0 Å². The Labute approximate surface area is 175 Å². The van der Waals surface area contributed by atoms with E-state index in [9.17, 15) is 12.8 Å². The predicted octanol–water partition coefficient (Wildman–Crippen LogP) is 4.87. The van der Waals surface area contributed by atoms with Gasteiger partial charge in [-0.1, -0.05) is 25.1 Å². The topological polar surface area (TPSA) is 96.0 Å². The first-order valence-electron chi connectivity index (χ1n) is 9.50. The lowest BCUT2D eigenvalue weighted by Crippen LogP contribution is -2.17. The molecule has 30 heavy (non-hydrogen) atoms. The maximum Gasteiger partial charge on any atom is 0.232 e. The molecule has 0 saturated heterocycles. The van der Waals surface area contributed by atoms with Gasteiger partial charge in [-0.05, 0) is 55.7 Å². The van der Waals surface area contributed by atoms with E-state index in [-0.39, 0.29) is 17.5 Å². The highest BCUT2D eigenvalue weighted by Gasteiger charge is 2.14. The molecule has 3 N–H and O–H groups in total. The van der Waals surface area contributed by atoms with E-state index < -0.39 is 15.8 Å². The minimum absolute atomic E-state index is 0.00677. The molecule has 1 heterocycles. The molecular formula is C21H24FN5O2S. The Morgan fingerprint density at radius 2 is 1.67 bits per heavy atom. The maximum atomic E-state index is 14.4. The van der Waals surface area contributed by atoms with Gasteiger partial charge in [0.15, 0.2) is 11.6 Å².